The topological polar surface area (TPSA) is 6.48 Å². The molecule has 3 aliphatic rings. The third kappa shape index (κ3) is 6.52. The first-order valence-electron chi connectivity index (χ1n) is 14.2. The largest absolute Gasteiger partial charge is 0.338 e. The molecular weight excluding hydrogens is 484 g/mol. The average Bonchev–Trinajstić information content (AvgIpc) is 3.02. The number of rotatable bonds is 10. The van der Waals surface area contributed by atoms with Gasteiger partial charge < -0.3 is 9.80 Å². The van der Waals surface area contributed by atoms with Gasteiger partial charge in [0.1, 0.15) is 0 Å². The van der Waals surface area contributed by atoms with E-state index < -0.39 is 0 Å². The van der Waals surface area contributed by atoms with Gasteiger partial charge in [0.05, 0.1) is 6.04 Å². The van der Waals surface area contributed by atoms with Crippen LogP contribution in [0.4, 0.5) is 17.1 Å². The summed E-state index contributed by atoms with van der Waals surface area (Å²) >= 11 is 0. The van der Waals surface area contributed by atoms with E-state index in [0.29, 0.717) is 12.0 Å². The Morgan fingerprint density at radius 1 is 0.700 bits per heavy atom. The molecule has 2 heteroatoms. The van der Waals surface area contributed by atoms with Gasteiger partial charge in [-0.2, -0.15) is 0 Å². The monoisotopic (exact) mass is 522 g/mol. The van der Waals surface area contributed by atoms with Crippen molar-refractivity contribution in [2.75, 3.05) is 9.80 Å². The number of benzene rings is 2. The maximum absolute atomic E-state index is 3.85. The molecule has 2 nitrogen and oxygen atoms in total. The van der Waals surface area contributed by atoms with Gasteiger partial charge >= 0.3 is 0 Å². The first kappa shape index (κ1) is 27.0. The van der Waals surface area contributed by atoms with E-state index in [9.17, 15) is 0 Å². The van der Waals surface area contributed by atoms with Crippen LogP contribution in [0.2, 0.25) is 0 Å². The van der Waals surface area contributed by atoms with Gasteiger partial charge in [-0.1, -0.05) is 110 Å². The second kappa shape index (κ2) is 13.5. The molecule has 2 atom stereocenters. The van der Waals surface area contributed by atoms with Crippen molar-refractivity contribution >= 4 is 23.1 Å². The third-order valence-corrected chi connectivity index (χ3v) is 7.43. The second-order valence-corrected chi connectivity index (χ2v) is 10.2. The summed E-state index contributed by atoms with van der Waals surface area (Å²) in [5.74, 6) is 0.336. The minimum Gasteiger partial charge on any atom is -0.338 e. The first-order chi connectivity index (χ1) is 19.8. The number of anilines is 3. The second-order valence-electron chi connectivity index (χ2n) is 10.2. The zero-order valence-corrected chi connectivity index (χ0v) is 23.1. The molecule has 40 heavy (non-hydrogen) atoms. The highest BCUT2D eigenvalue weighted by molar-refractivity contribution is 5.72. The van der Waals surface area contributed by atoms with Crippen molar-refractivity contribution in [1.29, 1.82) is 0 Å². The molecule has 2 aromatic carbocycles. The molecule has 5 rings (SSSR count). The molecule has 0 N–H and O–H groups in total. The van der Waals surface area contributed by atoms with Gasteiger partial charge in [0.15, 0.2) is 0 Å². The quantitative estimate of drug-likeness (QED) is 0.286. The van der Waals surface area contributed by atoms with Gasteiger partial charge in [-0.25, -0.2) is 0 Å². The Morgan fingerprint density at radius 2 is 1.43 bits per heavy atom. The molecule has 0 spiro atoms. The van der Waals surface area contributed by atoms with Crippen molar-refractivity contribution in [3.05, 3.63) is 170 Å². The molecule has 200 valence electrons. The molecule has 0 aliphatic heterocycles. The van der Waals surface area contributed by atoms with Crippen molar-refractivity contribution in [2.24, 2.45) is 5.92 Å². The molecule has 2 aromatic rings. The minimum absolute atomic E-state index is 0.324. The van der Waals surface area contributed by atoms with Gasteiger partial charge in [0, 0.05) is 34.4 Å². The van der Waals surface area contributed by atoms with E-state index in [0.717, 1.165) is 42.6 Å². The molecule has 0 saturated heterocycles. The third-order valence-electron chi connectivity index (χ3n) is 7.43. The van der Waals surface area contributed by atoms with Crippen LogP contribution >= 0.6 is 0 Å². The Labute approximate surface area is 240 Å². The molecule has 0 aromatic heterocycles. The van der Waals surface area contributed by atoms with Crippen LogP contribution < -0.4 is 9.80 Å². The summed E-state index contributed by atoms with van der Waals surface area (Å²) in [5, 5.41) is 0. The molecule has 0 fully saturated rings. The highest BCUT2D eigenvalue weighted by atomic mass is 15.2. The van der Waals surface area contributed by atoms with Gasteiger partial charge in [-0.05, 0) is 79.8 Å². The molecule has 2 unspecified atom stereocenters. The Kier molecular flexibility index (Phi) is 9.11. The van der Waals surface area contributed by atoms with Crippen molar-refractivity contribution in [1.82, 2.24) is 0 Å². The fourth-order valence-electron chi connectivity index (χ4n) is 5.48. The average molecular weight is 523 g/mol. The number of hydrogen-bond donors (Lipinski definition) is 0. The normalized spacial score (nSPS) is 20.0. The van der Waals surface area contributed by atoms with Crippen LogP contribution in [0.1, 0.15) is 31.2 Å². The summed E-state index contributed by atoms with van der Waals surface area (Å²) in [5.41, 5.74) is 7.32. The highest BCUT2D eigenvalue weighted by Gasteiger charge is 2.23. The predicted octanol–water partition coefficient (Wildman–Crippen LogP) is 10.2. The van der Waals surface area contributed by atoms with Crippen LogP contribution in [-0.4, -0.2) is 6.04 Å². The van der Waals surface area contributed by atoms with Crippen molar-refractivity contribution in [3.8, 4) is 0 Å². The summed E-state index contributed by atoms with van der Waals surface area (Å²) < 4.78 is 0. The lowest BCUT2D eigenvalue weighted by Crippen LogP contribution is -2.34. The number of nitrogens with zero attached hydrogens (tertiary/aromatic N) is 2. The van der Waals surface area contributed by atoms with E-state index in [-0.39, 0.29) is 0 Å². The molecule has 0 amide bonds. The van der Waals surface area contributed by atoms with Crippen LogP contribution in [0, 0.1) is 5.92 Å². The molecule has 0 radical (unpaired) electrons. The van der Waals surface area contributed by atoms with Crippen molar-refractivity contribution in [3.63, 3.8) is 0 Å². The lowest BCUT2D eigenvalue weighted by molar-refractivity contribution is 0.720. The first-order valence-corrected chi connectivity index (χ1v) is 14.2. The van der Waals surface area contributed by atoms with E-state index >= 15 is 0 Å². The van der Waals surface area contributed by atoms with Gasteiger partial charge in [0.2, 0.25) is 0 Å². The van der Waals surface area contributed by atoms with Crippen LogP contribution in [-0.2, 0) is 0 Å². The fourth-order valence-corrected chi connectivity index (χ4v) is 5.48. The molecular formula is C38H38N2. The Bertz CT molecular complexity index is 1420. The van der Waals surface area contributed by atoms with Gasteiger partial charge in [-0.3, -0.25) is 0 Å². The summed E-state index contributed by atoms with van der Waals surface area (Å²) in [6.45, 7) is 7.64. The summed E-state index contributed by atoms with van der Waals surface area (Å²) in [7, 11) is 0. The number of hydrogen-bond acceptors (Lipinski definition) is 2. The van der Waals surface area contributed by atoms with Crippen LogP contribution in [0.5, 0.6) is 0 Å². The predicted molar refractivity (Wildman–Crippen MR) is 175 cm³/mol. The van der Waals surface area contributed by atoms with Crippen molar-refractivity contribution in [2.45, 2.75) is 31.7 Å². The highest BCUT2D eigenvalue weighted by Crippen LogP contribution is 2.37. The van der Waals surface area contributed by atoms with E-state index in [2.05, 4.69) is 144 Å². The van der Waals surface area contributed by atoms with E-state index in [1.54, 1.807) is 6.08 Å². The van der Waals surface area contributed by atoms with E-state index in [1.165, 1.54) is 17.1 Å². The van der Waals surface area contributed by atoms with E-state index in [4.69, 9.17) is 0 Å². The van der Waals surface area contributed by atoms with Gasteiger partial charge in [-0.15, -0.1) is 0 Å². The molecule has 3 aliphatic carbocycles. The smallest absolute Gasteiger partial charge is 0.0556 e. The van der Waals surface area contributed by atoms with Crippen LogP contribution in [0.15, 0.2) is 164 Å². The maximum Gasteiger partial charge on any atom is 0.0556 e. The maximum atomic E-state index is 3.85. The lowest BCUT2D eigenvalue weighted by Gasteiger charge is -2.36. The Morgan fingerprint density at radius 3 is 2.10 bits per heavy atom. The standard InChI is InChI=1S/C38H38N2/c1-3-5-14-31-22-24-35(25-23-31)40(38-21-13-16-32(30-38)15-6-4-2)37-28-26-36(27-29-37)39(33-17-9-7-10-18-33)34-19-11-8-12-20-34/h3-11,13-17,19,21-29,32-33H,1-2,12,18,20,30H2. The lowest BCUT2D eigenvalue weighted by atomic mass is 9.96. The van der Waals surface area contributed by atoms with E-state index in [1.807, 2.05) is 18.2 Å². The Hall–Kier alpha value is -4.56. The molecule has 0 heterocycles. The molecule has 0 bridgehead atoms. The molecule has 0 saturated carbocycles. The fraction of sp³-hybridized carbons (Fsp3) is 0.158. The van der Waals surface area contributed by atoms with Crippen LogP contribution in [0.25, 0.3) is 6.08 Å². The summed E-state index contributed by atoms with van der Waals surface area (Å²) in [6.07, 6.45) is 38.3. The number of allylic oxidation sites excluding steroid dienone is 15. The minimum atomic E-state index is 0.324. The van der Waals surface area contributed by atoms with Crippen molar-refractivity contribution < 1.29 is 0 Å². The van der Waals surface area contributed by atoms with Crippen LogP contribution in [0.3, 0.4) is 0 Å². The zero-order chi connectivity index (χ0) is 27.6. The Balaban J connectivity index is 1.50. The SMILES string of the molecule is C=CC=Cc1ccc(N(C2=CC=CC(C=CC=C)C2)c2ccc(N(C3=CC=CCC3)C3C=CC=CC3)cc2)cc1. The summed E-state index contributed by atoms with van der Waals surface area (Å²) in [4.78, 5) is 4.90. The van der Waals surface area contributed by atoms with Gasteiger partial charge in [0.25, 0.3) is 0 Å². The zero-order valence-electron chi connectivity index (χ0n) is 23.1. The summed E-state index contributed by atoms with van der Waals surface area (Å²) in [6, 6.07) is 18.2.